The van der Waals surface area contributed by atoms with Crippen LogP contribution in [0.4, 0.5) is 11.4 Å². The highest BCUT2D eigenvalue weighted by atomic mass is 16.6. The molecule has 0 fully saturated rings. The van der Waals surface area contributed by atoms with Crippen molar-refractivity contribution in [3.8, 4) is 11.5 Å². The SMILES string of the molecule is CCOc1ccc(/C=C/C(=O)OCC(=O)Nc2ccccc2[N+](=O)[O-])cc1OC. The van der Waals surface area contributed by atoms with Crippen LogP contribution in [-0.2, 0) is 14.3 Å². The zero-order valence-electron chi connectivity index (χ0n) is 15.9. The number of methoxy groups -OCH3 is 1. The molecule has 2 aromatic carbocycles. The summed E-state index contributed by atoms with van der Waals surface area (Å²) in [6, 6.07) is 10.8. The molecule has 0 aliphatic carbocycles. The number of para-hydroxylation sites is 2. The number of anilines is 1. The Morgan fingerprint density at radius 1 is 1.17 bits per heavy atom. The van der Waals surface area contributed by atoms with Crippen LogP contribution in [0.5, 0.6) is 11.5 Å². The average molecular weight is 400 g/mol. The first-order valence-corrected chi connectivity index (χ1v) is 8.63. The summed E-state index contributed by atoms with van der Waals surface area (Å²) in [6.45, 7) is 1.77. The first-order chi connectivity index (χ1) is 13.9. The van der Waals surface area contributed by atoms with E-state index < -0.39 is 23.4 Å². The van der Waals surface area contributed by atoms with E-state index in [-0.39, 0.29) is 11.4 Å². The Morgan fingerprint density at radius 3 is 2.62 bits per heavy atom. The van der Waals surface area contributed by atoms with E-state index in [9.17, 15) is 19.7 Å². The number of rotatable bonds is 9. The highest BCUT2D eigenvalue weighted by Crippen LogP contribution is 2.28. The minimum Gasteiger partial charge on any atom is -0.493 e. The summed E-state index contributed by atoms with van der Waals surface area (Å²) in [5, 5.41) is 13.3. The third-order valence-electron chi connectivity index (χ3n) is 3.62. The van der Waals surface area contributed by atoms with Gasteiger partial charge in [-0.05, 0) is 36.8 Å². The average Bonchev–Trinajstić information content (AvgIpc) is 2.71. The molecule has 9 nitrogen and oxygen atoms in total. The number of carbonyl (C=O) groups excluding carboxylic acids is 2. The Kier molecular flexibility index (Phi) is 7.72. The van der Waals surface area contributed by atoms with Crippen LogP contribution >= 0.6 is 0 Å². The molecule has 0 bridgehead atoms. The Morgan fingerprint density at radius 2 is 1.93 bits per heavy atom. The largest absolute Gasteiger partial charge is 0.493 e. The quantitative estimate of drug-likeness (QED) is 0.297. The summed E-state index contributed by atoms with van der Waals surface area (Å²) in [4.78, 5) is 34.0. The van der Waals surface area contributed by atoms with E-state index in [0.29, 0.717) is 23.7 Å². The number of nitro benzene ring substituents is 1. The fraction of sp³-hybridized carbons (Fsp3) is 0.200. The molecular weight excluding hydrogens is 380 g/mol. The van der Waals surface area contributed by atoms with Crippen molar-refractivity contribution >= 4 is 29.3 Å². The highest BCUT2D eigenvalue weighted by Gasteiger charge is 2.15. The molecule has 0 heterocycles. The van der Waals surface area contributed by atoms with E-state index in [4.69, 9.17) is 14.2 Å². The molecule has 2 rings (SSSR count). The minimum atomic E-state index is -0.740. The van der Waals surface area contributed by atoms with Gasteiger partial charge < -0.3 is 19.5 Å². The van der Waals surface area contributed by atoms with E-state index in [0.717, 1.165) is 6.08 Å². The number of hydrogen-bond donors (Lipinski definition) is 1. The fourth-order valence-corrected chi connectivity index (χ4v) is 2.34. The number of nitrogens with zero attached hydrogens (tertiary/aromatic N) is 1. The van der Waals surface area contributed by atoms with Gasteiger partial charge in [0.05, 0.1) is 18.6 Å². The molecule has 0 saturated carbocycles. The second kappa shape index (κ2) is 10.5. The van der Waals surface area contributed by atoms with E-state index in [2.05, 4.69) is 5.32 Å². The normalized spacial score (nSPS) is 10.4. The molecule has 29 heavy (non-hydrogen) atoms. The third kappa shape index (κ3) is 6.35. The van der Waals surface area contributed by atoms with E-state index in [1.165, 1.54) is 31.4 Å². The first-order valence-electron chi connectivity index (χ1n) is 8.63. The van der Waals surface area contributed by atoms with Crippen LogP contribution in [0.3, 0.4) is 0 Å². The lowest BCUT2D eigenvalue weighted by Gasteiger charge is -2.09. The maximum absolute atomic E-state index is 11.9. The smallest absolute Gasteiger partial charge is 0.331 e. The number of amides is 1. The molecule has 0 aromatic heterocycles. The molecule has 152 valence electrons. The number of ether oxygens (including phenoxy) is 3. The molecule has 0 saturated heterocycles. The van der Waals surface area contributed by atoms with Gasteiger partial charge in [0.1, 0.15) is 5.69 Å². The molecule has 0 aliphatic heterocycles. The van der Waals surface area contributed by atoms with Gasteiger partial charge in [0.15, 0.2) is 18.1 Å². The van der Waals surface area contributed by atoms with Crippen LogP contribution in [0.25, 0.3) is 6.08 Å². The number of esters is 1. The summed E-state index contributed by atoms with van der Waals surface area (Å²) in [5.41, 5.74) is 0.443. The van der Waals surface area contributed by atoms with Gasteiger partial charge >= 0.3 is 5.97 Å². The molecule has 1 N–H and O–H groups in total. The van der Waals surface area contributed by atoms with Crippen molar-refractivity contribution in [3.05, 3.63) is 64.2 Å². The van der Waals surface area contributed by atoms with E-state index >= 15 is 0 Å². The van der Waals surface area contributed by atoms with E-state index in [1.807, 2.05) is 6.92 Å². The second-order valence-corrected chi connectivity index (χ2v) is 5.61. The van der Waals surface area contributed by atoms with Crippen LogP contribution in [0.15, 0.2) is 48.5 Å². The topological polar surface area (TPSA) is 117 Å². The van der Waals surface area contributed by atoms with Crippen molar-refractivity contribution in [1.29, 1.82) is 0 Å². The van der Waals surface area contributed by atoms with Crippen LogP contribution in [0, 0.1) is 10.1 Å². The lowest BCUT2D eigenvalue weighted by molar-refractivity contribution is -0.383. The maximum Gasteiger partial charge on any atom is 0.331 e. The second-order valence-electron chi connectivity index (χ2n) is 5.61. The molecule has 1 amide bonds. The van der Waals surface area contributed by atoms with Crippen molar-refractivity contribution in [2.45, 2.75) is 6.92 Å². The summed E-state index contributed by atoms with van der Waals surface area (Å²) in [5.74, 6) is -0.327. The van der Waals surface area contributed by atoms with Gasteiger partial charge in [0.25, 0.3) is 11.6 Å². The van der Waals surface area contributed by atoms with Gasteiger partial charge in [-0.2, -0.15) is 0 Å². The minimum absolute atomic E-state index is 0.0237. The molecule has 9 heteroatoms. The lowest BCUT2D eigenvalue weighted by atomic mass is 10.2. The summed E-state index contributed by atoms with van der Waals surface area (Å²) in [7, 11) is 1.51. The van der Waals surface area contributed by atoms with Crippen LogP contribution in [0.2, 0.25) is 0 Å². The number of hydrogen-bond acceptors (Lipinski definition) is 7. The summed E-state index contributed by atoms with van der Waals surface area (Å²) < 4.78 is 15.5. The monoisotopic (exact) mass is 400 g/mol. The predicted molar refractivity (Wildman–Crippen MR) is 106 cm³/mol. The van der Waals surface area contributed by atoms with Crippen molar-refractivity contribution in [3.63, 3.8) is 0 Å². The van der Waals surface area contributed by atoms with Crippen LogP contribution < -0.4 is 14.8 Å². The molecule has 0 radical (unpaired) electrons. The van der Waals surface area contributed by atoms with Gasteiger partial charge in [-0.1, -0.05) is 18.2 Å². The molecule has 2 aromatic rings. The van der Waals surface area contributed by atoms with Crippen molar-refractivity contribution in [1.82, 2.24) is 0 Å². The van der Waals surface area contributed by atoms with Gasteiger partial charge in [-0.25, -0.2) is 4.79 Å². The predicted octanol–water partition coefficient (Wildman–Crippen LogP) is 3.20. The summed E-state index contributed by atoms with van der Waals surface area (Å²) in [6.07, 6.45) is 2.66. The zero-order valence-corrected chi connectivity index (χ0v) is 15.9. The van der Waals surface area contributed by atoms with Gasteiger partial charge in [-0.15, -0.1) is 0 Å². The fourth-order valence-electron chi connectivity index (χ4n) is 2.34. The number of nitro groups is 1. The third-order valence-corrected chi connectivity index (χ3v) is 3.62. The number of nitrogens with one attached hydrogen (secondary N) is 1. The van der Waals surface area contributed by atoms with Crippen LogP contribution in [0.1, 0.15) is 12.5 Å². The molecule has 0 aliphatic rings. The Hall–Kier alpha value is -3.88. The number of carbonyl (C=O) groups is 2. The Labute approximate surface area is 167 Å². The standard InChI is InChI=1S/C20H20N2O7/c1-3-28-17-10-8-14(12-18(17)27-2)9-11-20(24)29-13-19(23)21-15-6-4-5-7-16(15)22(25)26/h4-12H,3,13H2,1-2H3,(H,21,23)/b11-9+. The summed E-state index contributed by atoms with van der Waals surface area (Å²) >= 11 is 0. The first kappa shape index (κ1) is 21.4. The van der Waals surface area contributed by atoms with Crippen molar-refractivity contribution in [2.24, 2.45) is 0 Å². The van der Waals surface area contributed by atoms with Crippen molar-refractivity contribution in [2.75, 3.05) is 25.6 Å². The molecule has 0 atom stereocenters. The van der Waals surface area contributed by atoms with Crippen molar-refractivity contribution < 1.29 is 28.7 Å². The maximum atomic E-state index is 11.9. The van der Waals surface area contributed by atoms with Gasteiger partial charge in [0.2, 0.25) is 0 Å². The van der Waals surface area contributed by atoms with Gasteiger partial charge in [0, 0.05) is 12.1 Å². The highest BCUT2D eigenvalue weighted by molar-refractivity contribution is 5.96. The lowest BCUT2D eigenvalue weighted by Crippen LogP contribution is -2.20. The molecule has 0 spiro atoms. The molecular formula is C20H20N2O7. The van der Waals surface area contributed by atoms with Crippen LogP contribution in [-0.4, -0.2) is 37.1 Å². The Bertz CT molecular complexity index is 925. The number of benzene rings is 2. The van der Waals surface area contributed by atoms with Gasteiger partial charge in [-0.3, -0.25) is 14.9 Å². The zero-order chi connectivity index (χ0) is 21.2. The molecule has 0 unspecified atom stereocenters. The van der Waals surface area contributed by atoms with E-state index in [1.54, 1.807) is 24.3 Å². The Balaban J connectivity index is 1.91.